The molecule has 0 saturated carbocycles. The van der Waals surface area contributed by atoms with Crippen LogP contribution in [0, 0.1) is 0 Å². The standard InChI is InChI=1S/C19H21N3O5S2/c1-4-22-18(23)6-5-17(21-22)14-9-19(28-12-14)29(24,25)20-11-13-7-15(26-2)10-16(8-13)27-3/h5-10,12,20H,4,11H2,1-3H3. The molecule has 0 aliphatic rings. The number of aromatic nitrogens is 2. The number of sulfonamides is 1. The molecule has 8 nitrogen and oxygen atoms in total. The van der Waals surface area contributed by atoms with Crippen LogP contribution >= 0.6 is 11.3 Å². The Morgan fingerprint density at radius 1 is 1.10 bits per heavy atom. The fourth-order valence-corrected chi connectivity index (χ4v) is 4.87. The van der Waals surface area contributed by atoms with Crippen molar-refractivity contribution in [3.05, 3.63) is 57.7 Å². The van der Waals surface area contributed by atoms with Crippen molar-refractivity contribution in [1.29, 1.82) is 0 Å². The van der Waals surface area contributed by atoms with E-state index in [1.165, 1.54) is 25.0 Å². The lowest BCUT2D eigenvalue weighted by Crippen LogP contribution is -2.22. The molecule has 1 N–H and O–H groups in total. The predicted molar refractivity (Wildman–Crippen MR) is 111 cm³/mol. The molecular weight excluding hydrogens is 414 g/mol. The van der Waals surface area contributed by atoms with Gasteiger partial charge >= 0.3 is 0 Å². The molecule has 3 rings (SSSR count). The summed E-state index contributed by atoms with van der Waals surface area (Å²) < 4.78 is 39.9. The quantitative estimate of drug-likeness (QED) is 0.584. The van der Waals surface area contributed by atoms with Crippen molar-refractivity contribution in [1.82, 2.24) is 14.5 Å². The highest BCUT2D eigenvalue weighted by Gasteiger charge is 2.18. The van der Waals surface area contributed by atoms with Crippen molar-refractivity contribution in [2.45, 2.75) is 24.2 Å². The molecule has 3 aromatic rings. The molecule has 0 aliphatic carbocycles. The SMILES string of the molecule is CCn1nc(-c2csc(S(=O)(=O)NCc3cc(OC)cc(OC)c3)c2)ccc1=O. The van der Waals surface area contributed by atoms with Crippen molar-refractivity contribution < 1.29 is 17.9 Å². The van der Waals surface area contributed by atoms with Gasteiger partial charge in [0.25, 0.3) is 5.56 Å². The maximum Gasteiger partial charge on any atom is 0.266 e. The zero-order chi connectivity index (χ0) is 21.0. The van der Waals surface area contributed by atoms with Crippen molar-refractivity contribution in [2.75, 3.05) is 14.2 Å². The number of nitrogens with zero attached hydrogens (tertiary/aromatic N) is 2. The number of ether oxygens (including phenoxy) is 2. The highest BCUT2D eigenvalue weighted by atomic mass is 32.2. The number of methoxy groups -OCH3 is 2. The summed E-state index contributed by atoms with van der Waals surface area (Å²) in [6.07, 6.45) is 0. The maximum atomic E-state index is 12.7. The van der Waals surface area contributed by atoms with Gasteiger partial charge in [0.1, 0.15) is 15.7 Å². The molecule has 0 fully saturated rings. The number of nitrogens with one attached hydrogen (secondary N) is 1. The minimum absolute atomic E-state index is 0.0854. The summed E-state index contributed by atoms with van der Waals surface area (Å²) in [5.41, 5.74) is 1.69. The molecule has 2 aromatic heterocycles. The summed E-state index contributed by atoms with van der Waals surface area (Å²) in [5, 5.41) is 5.96. The van der Waals surface area contributed by atoms with Crippen LogP contribution in [0.15, 0.2) is 50.8 Å². The van der Waals surface area contributed by atoms with Gasteiger partial charge in [-0.2, -0.15) is 5.10 Å². The third-order valence-corrected chi connectivity index (χ3v) is 7.02. The lowest BCUT2D eigenvalue weighted by atomic mass is 10.2. The minimum Gasteiger partial charge on any atom is -0.497 e. The Hall–Kier alpha value is -2.69. The van der Waals surface area contributed by atoms with Crippen molar-refractivity contribution in [3.8, 4) is 22.8 Å². The van der Waals surface area contributed by atoms with Crippen LogP contribution in [0.3, 0.4) is 0 Å². The van der Waals surface area contributed by atoms with E-state index in [-0.39, 0.29) is 16.3 Å². The molecule has 0 saturated heterocycles. The van der Waals surface area contributed by atoms with Gasteiger partial charge < -0.3 is 9.47 Å². The Labute approximate surface area is 172 Å². The topological polar surface area (TPSA) is 99.5 Å². The molecule has 0 unspecified atom stereocenters. The Bertz CT molecular complexity index is 1150. The minimum atomic E-state index is -3.72. The molecule has 0 aliphatic heterocycles. The van der Waals surface area contributed by atoms with E-state index in [4.69, 9.17) is 9.47 Å². The van der Waals surface area contributed by atoms with Crippen LogP contribution in [0.4, 0.5) is 0 Å². The van der Waals surface area contributed by atoms with Crippen LogP contribution in [0.1, 0.15) is 12.5 Å². The van der Waals surface area contributed by atoms with E-state index in [2.05, 4.69) is 9.82 Å². The van der Waals surface area contributed by atoms with E-state index in [0.717, 1.165) is 11.3 Å². The van der Waals surface area contributed by atoms with Crippen molar-refractivity contribution in [3.63, 3.8) is 0 Å². The first-order valence-electron chi connectivity index (χ1n) is 8.75. The molecular formula is C19H21N3O5S2. The molecule has 0 spiro atoms. The number of rotatable bonds is 8. The fourth-order valence-electron chi connectivity index (χ4n) is 2.64. The van der Waals surface area contributed by atoms with Crippen LogP contribution in [-0.4, -0.2) is 32.4 Å². The molecule has 0 amide bonds. The summed E-state index contributed by atoms with van der Waals surface area (Å²) in [5.74, 6) is 1.16. The summed E-state index contributed by atoms with van der Waals surface area (Å²) in [4.78, 5) is 11.7. The van der Waals surface area contributed by atoms with Crippen LogP contribution < -0.4 is 19.8 Å². The molecule has 0 radical (unpaired) electrons. The van der Waals surface area contributed by atoms with Crippen molar-refractivity contribution >= 4 is 21.4 Å². The van der Waals surface area contributed by atoms with Crippen LogP contribution in [-0.2, 0) is 23.1 Å². The molecule has 0 bridgehead atoms. The Morgan fingerprint density at radius 3 is 2.41 bits per heavy atom. The number of hydrogen-bond acceptors (Lipinski definition) is 7. The average molecular weight is 436 g/mol. The van der Waals surface area contributed by atoms with E-state index in [1.54, 1.807) is 35.7 Å². The molecule has 1 aromatic carbocycles. The second kappa shape index (κ2) is 8.76. The highest BCUT2D eigenvalue weighted by molar-refractivity contribution is 7.91. The van der Waals surface area contributed by atoms with Gasteiger partial charge in [0.05, 0.1) is 19.9 Å². The summed E-state index contributed by atoms with van der Waals surface area (Å²) in [6, 6.07) is 9.75. The first-order valence-corrected chi connectivity index (χ1v) is 11.1. The third-order valence-electron chi connectivity index (χ3n) is 4.18. The Morgan fingerprint density at radius 2 is 1.79 bits per heavy atom. The van der Waals surface area contributed by atoms with Crippen LogP contribution in [0.5, 0.6) is 11.5 Å². The van der Waals surface area contributed by atoms with Crippen LogP contribution in [0.2, 0.25) is 0 Å². The second-order valence-electron chi connectivity index (χ2n) is 6.07. The molecule has 0 atom stereocenters. The van der Waals surface area contributed by atoms with Crippen molar-refractivity contribution in [2.24, 2.45) is 0 Å². The maximum absolute atomic E-state index is 12.7. The van der Waals surface area contributed by atoms with E-state index >= 15 is 0 Å². The second-order valence-corrected chi connectivity index (χ2v) is 8.98. The van der Waals surface area contributed by atoms with Gasteiger partial charge in [-0.05, 0) is 36.8 Å². The normalized spacial score (nSPS) is 11.4. The summed E-state index contributed by atoms with van der Waals surface area (Å²) in [7, 11) is -0.651. The monoisotopic (exact) mass is 435 g/mol. The smallest absolute Gasteiger partial charge is 0.266 e. The molecule has 2 heterocycles. The number of thiophene rings is 1. The first kappa shape index (κ1) is 21.0. The number of aryl methyl sites for hydroxylation is 1. The van der Waals surface area contributed by atoms with Gasteiger partial charge in [-0.15, -0.1) is 11.3 Å². The van der Waals surface area contributed by atoms with Gasteiger partial charge in [-0.1, -0.05) is 0 Å². The molecule has 10 heteroatoms. The van der Waals surface area contributed by atoms with Crippen LogP contribution in [0.25, 0.3) is 11.3 Å². The van der Waals surface area contributed by atoms with E-state index in [9.17, 15) is 13.2 Å². The highest BCUT2D eigenvalue weighted by Crippen LogP contribution is 2.27. The van der Waals surface area contributed by atoms with Gasteiger partial charge in [0, 0.05) is 36.2 Å². The predicted octanol–water partition coefficient (Wildman–Crippen LogP) is 2.49. The molecule has 154 valence electrons. The van der Waals surface area contributed by atoms with Gasteiger partial charge in [-0.25, -0.2) is 17.8 Å². The summed E-state index contributed by atoms with van der Waals surface area (Å²) in [6.45, 7) is 2.34. The fraction of sp³-hybridized carbons (Fsp3) is 0.263. The van der Waals surface area contributed by atoms with E-state index in [0.29, 0.717) is 34.9 Å². The zero-order valence-corrected chi connectivity index (χ0v) is 17.8. The van der Waals surface area contributed by atoms with E-state index in [1.807, 2.05) is 6.92 Å². The summed E-state index contributed by atoms with van der Waals surface area (Å²) >= 11 is 1.09. The lowest BCUT2D eigenvalue weighted by Gasteiger charge is -2.09. The average Bonchev–Trinajstić information content (AvgIpc) is 3.23. The largest absolute Gasteiger partial charge is 0.497 e. The van der Waals surface area contributed by atoms with Gasteiger partial charge in [0.2, 0.25) is 10.0 Å². The Kier molecular flexibility index (Phi) is 6.36. The first-order chi connectivity index (χ1) is 13.9. The van der Waals surface area contributed by atoms with E-state index < -0.39 is 10.0 Å². The zero-order valence-electron chi connectivity index (χ0n) is 16.2. The number of benzene rings is 1. The van der Waals surface area contributed by atoms with Gasteiger partial charge in [0.15, 0.2) is 0 Å². The molecule has 29 heavy (non-hydrogen) atoms. The number of hydrogen-bond donors (Lipinski definition) is 1. The van der Waals surface area contributed by atoms with Gasteiger partial charge in [-0.3, -0.25) is 4.79 Å². The lowest BCUT2D eigenvalue weighted by molar-refractivity contribution is 0.393. The Balaban J connectivity index is 1.80. The third kappa shape index (κ3) is 4.84.